The van der Waals surface area contributed by atoms with Crippen molar-refractivity contribution >= 4 is 11.6 Å². The van der Waals surface area contributed by atoms with Crippen LogP contribution in [0.2, 0.25) is 5.02 Å². The summed E-state index contributed by atoms with van der Waals surface area (Å²) in [6, 6.07) is 8.08. The normalized spacial score (nSPS) is 32.3. The number of halogens is 1. The van der Waals surface area contributed by atoms with E-state index in [9.17, 15) is 5.11 Å². The van der Waals surface area contributed by atoms with Gasteiger partial charge in [-0.1, -0.05) is 23.7 Å². The third-order valence-electron chi connectivity index (χ3n) is 5.19. The molecule has 4 nitrogen and oxygen atoms in total. The third-order valence-corrected chi connectivity index (χ3v) is 5.45. The van der Waals surface area contributed by atoms with Gasteiger partial charge in [0.25, 0.3) is 0 Å². The number of aliphatic hydroxyl groups excluding tert-OH is 1. The molecule has 1 aromatic carbocycles. The molecule has 2 saturated heterocycles. The monoisotopic (exact) mass is 352 g/mol. The minimum absolute atomic E-state index is 0.275. The largest absolute Gasteiger partial charge is 0.396 e. The van der Waals surface area contributed by atoms with Gasteiger partial charge in [-0.05, 0) is 43.4 Å². The van der Waals surface area contributed by atoms with Gasteiger partial charge in [0.15, 0.2) is 0 Å². The summed E-state index contributed by atoms with van der Waals surface area (Å²) in [6.07, 6.45) is 0.598. The fourth-order valence-corrected chi connectivity index (χ4v) is 4.32. The van der Waals surface area contributed by atoms with Crippen molar-refractivity contribution in [3.63, 3.8) is 0 Å². The lowest BCUT2D eigenvalue weighted by atomic mass is 9.96. The van der Waals surface area contributed by atoms with Crippen molar-refractivity contribution in [3.8, 4) is 0 Å². The van der Waals surface area contributed by atoms with Crippen LogP contribution in [0.4, 0.5) is 0 Å². The zero-order chi connectivity index (χ0) is 17.1. The molecule has 1 N–H and O–H groups in total. The van der Waals surface area contributed by atoms with Crippen molar-refractivity contribution in [2.45, 2.75) is 32.6 Å². The summed E-state index contributed by atoms with van der Waals surface area (Å²) in [7, 11) is 0. The van der Waals surface area contributed by atoms with Gasteiger partial charge in [0.05, 0.1) is 12.2 Å². The first-order chi connectivity index (χ1) is 11.5. The number of rotatable bonds is 5. The van der Waals surface area contributed by atoms with Crippen LogP contribution in [-0.4, -0.2) is 66.4 Å². The summed E-state index contributed by atoms with van der Waals surface area (Å²) in [5, 5.41) is 10.6. The maximum atomic E-state index is 9.80. The van der Waals surface area contributed by atoms with Crippen LogP contribution in [-0.2, 0) is 11.3 Å². The van der Waals surface area contributed by atoms with Crippen LogP contribution < -0.4 is 0 Å². The molecule has 2 fully saturated rings. The minimum Gasteiger partial charge on any atom is -0.396 e. The molecule has 4 atom stereocenters. The zero-order valence-corrected chi connectivity index (χ0v) is 15.5. The van der Waals surface area contributed by atoms with Gasteiger partial charge in [-0.15, -0.1) is 0 Å². The Kier molecular flexibility index (Phi) is 6.17. The third kappa shape index (κ3) is 4.70. The van der Waals surface area contributed by atoms with Gasteiger partial charge in [0, 0.05) is 50.9 Å². The lowest BCUT2D eigenvalue weighted by Crippen LogP contribution is -2.48. The van der Waals surface area contributed by atoms with E-state index in [4.69, 9.17) is 16.3 Å². The van der Waals surface area contributed by atoms with E-state index in [1.807, 2.05) is 12.1 Å². The number of aliphatic hydroxyl groups is 1. The summed E-state index contributed by atoms with van der Waals surface area (Å²) in [4.78, 5) is 4.97. The maximum Gasteiger partial charge on any atom is 0.0678 e. The Morgan fingerprint density at radius 1 is 1.00 bits per heavy atom. The first-order valence-electron chi connectivity index (χ1n) is 8.99. The number of morpholine rings is 1. The molecule has 0 unspecified atom stereocenters. The first kappa shape index (κ1) is 18.2. The van der Waals surface area contributed by atoms with E-state index in [0.29, 0.717) is 24.0 Å². The zero-order valence-electron chi connectivity index (χ0n) is 14.7. The highest BCUT2D eigenvalue weighted by molar-refractivity contribution is 6.30. The van der Waals surface area contributed by atoms with Gasteiger partial charge in [-0.25, -0.2) is 0 Å². The Bertz CT molecular complexity index is 515. The summed E-state index contributed by atoms with van der Waals surface area (Å²) < 4.78 is 5.83. The predicted octanol–water partition coefficient (Wildman–Crippen LogP) is 2.49. The van der Waals surface area contributed by atoms with Crippen LogP contribution in [0.3, 0.4) is 0 Å². The molecule has 24 heavy (non-hydrogen) atoms. The van der Waals surface area contributed by atoms with Crippen LogP contribution in [0.15, 0.2) is 24.3 Å². The Labute approximate surface area is 150 Å². The molecular formula is C19H29ClN2O2. The number of likely N-dealkylation sites (tertiary alicyclic amines) is 1. The molecule has 0 bridgehead atoms. The van der Waals surface area contributed by atoms with E-state index in [-0.39, 0.29) is 6.61 Å². The van der Waals surface area contributed by atoms with Gasteiger partial charge >= 0.3 is 0 Å². The lowest BCUT2D eigenvalue weighted by Gasteiger charge is -2.37. The number of nitrogens with zero attached hydrogens (tertiary/aromatic N) is 2. The smallest absolute Gasteiger partial charge is 0.0678 e. The Hall–Kier alpha value is -0.650. The second kappa shape index (κ2) is 8.15. The van der Waals surface area contributed by atoms with Gasteiger partial charge in [-0.2, -0.15) is 0 Å². The number of ether oxygens (including phenoxy) is 1. The van der Waals surface area contributed by atoms with Crippen LogP contribution in [0.1, 0.15) is 19.4 Å². The van der Waals surface area contributed by atoms with Crippen LogP contribution >= 0.6 is 11.6 Å². The second-order valence-corrected chi connectivity index (χ2v) is 7.94. The topological polar surface area (TPSA) is 35.9 Å². The molecule has 134 valence electrons. The first-order valence-corrected chi connectivity index (χ1v) is 9.36. The average Bonchev–Trinajstić information content (AvgIpc) is 2.90. The molecule has 0 aromatic heterocycles. The molecule has 0 radical (unpaired) electrons. The molecule has 5 heteroatoms. The number of hydrogen-bond donors (Lipinski definition) is 1. The van der Waals surface area contributed by atoms with E-state index in [2.05, 4.69) is 35.8 Å². The minimum atomic E-state index is 0.275. The molecular weight excluding hydrogens is 324 g/mol. The van der Waals surface area contributed by atoms with Crippen LogP contribution in [0.25, 0.3) is 0 Å². The van der Waals surface area contributed by atoms with Crippen LogP contribution in [0, 0.1) is 11.8 Å². The molecule has 2 heterocycles. The standard InChI is InChI=1S/C19H29ClN2O2/c1-14-7-21(8-15(2)24-14)10-17-11-22(12-18(17)13-23)9-16-3-5-19(20)6-4-16/h3-6,14-15,17-18,23H,7-13H2,1-2H3/t14-,15+,17-,18-/m1/s1. The van der Waals surface area contributed by atoms with Crippen molar-refractivity contribution in [1.82, 2.24) is 9.80 Å². The van der Waals surface area contributed by atoms with E-state index in [0.717, 1.165) is 44.3 Å². The SMILES string of the molecule is C[C@@H]1CN(C[C@@H]2CN(Cc3ccc(Cl)cc3)C[C@@H]2CO)C[C@H](C)O1. The highest BCUT2D eigenvalue weighted by atomic mass is 35.5. The molecule has 0 saturated carbocycles. The summed E-state index contributed by atoms with van der Waals surface area (Å²) in [5.74, 6) is 0.894. The lowest BCUT2D eigenvalue weighted by molar-refractivity contribution is -0.0727. The molecule has 2 aliphatic heterocycles. The Balaban J connectivity index is 1.56. The van der Waals surface area contributed by atoms with E-state index >= 15 is 0 Å². The summed E-state index contributed by atoms with van der Waals surface area (Å²) in [6.45, 7) is 10.6. The Morgan fingerprint density at radius 3 is 2.25 bits per heavy atom. The van der Waals surface area contributed by atoms with Gasteiger partial charge in [-0.3, -0.25) is 9.80 Å². The average molecular weight is 353 g/mol. The molecule has 1 aromatic rings. The quantitative estimate of drug-likeness (QED) is 0.883. The van der Waals surface area contributed by atoms with Crippen LogP contribution in [0.5, 0.6) is 0 Å². The highest BCUT2D eigenvalue weighted by Crippen LogP contribution is 2.27. The van der Waals surface area contributed by atoms with E-state index < -0.39 is 0 Å². The van der Waals surface area contributed by atoms with Crippen molar-refractivity contribution in [2.75, 3.05) is 39.3 Å². The predicted molar refractivity (Wildman–Crippen MR) is 97.2 cm³/mol. The van der Waals surface area contributed by atoms with E-state index in [1.165, 1.54) is 5.56 Å². The van der Waals surface area contributed by atoms with Crippen molar-refractivity contribution in [2.24, 2.45) is 11.8 Å². The molecule has 0 spiro atoms. The van der Waals surface area contributed by atoms with Crippen molar-refractivity contribution < 1.29 is 9.84 Å². The van der Waals surface area contributed by atoms with Crippen molar-refractivity contribution in [1.29, 1.82) is 0 Å². The fraction of sp³-hybridized carbons (Fsp3) is 0.684. The van der Waals surface area contributed by atoms with Gasteiger partial charge in [0.2, 0.25) is 0 Å². The molecule has 0 amide bonds. The molecule has 2 aliphatic rings. The number of benzene rings is 1. The second-order valence-electron chi connectivity index (χ2n) is 7.50. The maximum absolute atomic E-state index is 9.80. The summed E-state index contributed by atoms with van der Waals surface area (Å²) >= 11 is 5.97. The number of hydrogen-bond acceptors (Lipinski definition) is 4. The Morgan fingerprint density at radius 2 is 1.62 bits per heavy atom. The van der Waals surface area contributed by atoms with E-state index in [1.54, 1.807) is 0 Å². The van der Waals surface area contributed by atoms with Crippen molar-refractivity contribution in [3.05, 3.63) is 34.9 Å². The highest BCUT2D eigenvalue weighted by Gasteiger charge is 2.34. The fourth-order valence-electron chi connectivity index (χ4n) is 4.19. The van der Waals surface area contributed by atoms with Gasteiger partial charge < -0.3 is 9.84 Å². The molecule has 0 aliphatic carbocycles. The summed E-state index contributed by atoms with van der Waals surface area (Å²) in [5.41, 5.74) is 1.28. The van der Waals surface area contributed by atoms with Gasteiger partial charge in [0.1, 0.15) is 0 Å². The molecule has 3 rings (SSSR count).